The van der Waals surface area contributed by atoms with Crippen molar-refractivity contribution >= 4 is 5.91 Å². The number of aliphatic hydroxyl groups excluding tert-OH is 1. The second-order valence-electron chi connectivity index (χ2n) is 6.45. The summed E-state index contributed by atoms with van der Waals surface area (Å²) in [5, 5.41) is 12.8. The molecule has 0 bridgehead atoms. The van der Waals surface area contributed by atoms with E-state index in [0.717, 1.165) is 44.4 Å². The quantitative estimate of drug-likeness (QED) is 0.768. The summed E-state index contributed by atoms with van der Waals surface area (Å²) in [6.07, 6.45) is 11.4. The van der Waals surface area contributed by atoms with E-state index < -0.39 is 0 Å². The molecule has 0 radical (unpaired) electrons. The molecular weight excluding hydrogens is 238 g/mol. The molecule has 2 aliphatic rings. The highest BCUT2D eigenvalue weighted by molar-refractivity contribution is 5.79. The lowest BCUT2D eigenvalue weighted by atomic mass is 9.77. The SMILES string of the molecule is CC1CCC(CO)(NC(=O)CC2=CCCCC2)CC1. The van der Waals surface area contributed by atoms with Gasteiger partial charge in [-0.2, -0.15) is 0 Å². The van der Waals surface area contributed by atoms with Gasteiger partial charge in [-0.15, -0.1) is 0 Å². The van der Waals surface area contributed by atoms with Gasteiger partial charge in [0.05, 0.1) is 12.1 Å². The highest BCUT2D eigenvalue weighted by atomic mass is 16.3. The molecule has 0 unspecified atom stereocenters. The van der Waals surface area contributed by atoms with E-state index in [2.05, 4.69) is 18.3 Å². The van der Waals surface area contributed by atoms with Gasteiger partial charge in [0.1, 0.15) is 0 Å². The molecule has 0 saturated heterocycles. The molecule has 0 aromatic carbocycles. The second-order valence-corrected chi connectivity index (χ2v) is 6.45. The summed E-state index contributed by atoms with van der Waals surface area (Å²) in [4.78, 5) is 12.2. The summed E-state index contributed by atoms with van der Waals surface area (Å²) in [5.74, 6) is 0.814. The summed E-state index contributed by atoms with van der Waals surface area (Å²) in [5.41, 5.74) is 0.930. The topological polar surface area (TPSA) is 49.3 Å². The van der Waals surface area contributed by atoms with Gasteiger partial charge >= 0.3 is 0 Å². The van der Waals surface area contributed by atoms with Crippen LogP contribution in [0.2, 0.25) is 0 Å². The molecule has 2 aliphatic carbocycles. The van der Waals surface area contributed by atoms with Crippen molar-refractivity contribution in [3.8, 4) is 0 Å². The predicted molar refractivity (Wildman–Crippen MR) is 76.8 cm³/mol. The zero-order valence-corrected chi connectivity index (χ0v) is 12.1. The molecule has 2 N–H and O–H groups in total. The van der Waals surface area contributed by atoms with E-state index in [4.69, 9.17) is 0 Å². The second kappa shape index (κ2) is 6.56. The van der Waals surface area contributed by atoms with E-state index in [1.165, 1.54) is 18.4 Å². The van der Waals surface area contributed by atoms with Gasteiger partial charge in [0.2, 0.25) is 5.91 Å². The third-order valence-corrected chi connectivity index (χ3v) is 4.71. The fraction of sp³-hybridized carbons (Fsp3) is 0.812. The van der Waals surface area contributed by atoms with E-state index in [-0.39, 0.29) is 18.1 Å². The van der Waals surface area contributed by atoms with Crippen LogP contribution in [0.1, 0.15) is 64.7 Å². The van der Waals surface area contributed by atoms with Gasteiger partial charge in [0, 0.05) is 6.42 Å². The Morgan fingerprint density at radius 2 is 2.16 bits per heavy atom. The van der Waals surface area contributed by atoms with Gasteiger partial charge in [0.15, 0.2) is 0 Å². The predicted octanol–water partition coefficient (Wildman–Crippen LogP) is 2.93. The molecule has 1 amide bonds. The van der Waals surface area contributed by atoms with E-state index >= 15 is 0 Å². The fourth-order valence-corrected chi connectivity index (χ4v) is 3.25. The summed E-state index contributed by atoms with van der Waals surface area (Å²) in [6, 6.07) is 0. The van der Waals surface area contributed by atoms with Crippen molar-refractivity contribution in [2.24, 2.45) is 5.92 Å². The Bertz CT molecular complexity index is 341. The van der Waals surface area contributed by atoms with Crippen LogP contribution in [0, 0.1) is 5.92 Å². The number of carbonyl (C=O) groups excluding carboxylic acids is 1. The number of carbonyl (C=O) groups is 1. The normalized spacial score (nSPS) is 31.7. The maximum Gasteiger partial charge on any atom is 0.224 e. The van der Waals surface area contributed by atoms with Crippen molar-refractivity contribution in [1.82, 2.24) is 5.32 Å². The first-order valence-electron chi connectivity index (χ1n) is 7.73. The van der Waals surface area contributed by atoms with Crippen LogP contribution in [0.4, 0.5) is 0 Å². The molecule has 108 valence electrons. The maximum atomic E-state index is 12.2. The molecule has 0 heterocycles. The molecule has 3 nitrogen and oxygen atoms in total. The summed E-state index contributed by atoms with van der Waals surface area (Å²) in [6.45, 7) is 2.32. The van der Waals surface area contributed by atoms with Crippen LogP contribution in [0.5, 0.6) is 0 Å². The van der Waals surface area contributed by atoms with E-state index in [9.17, 15) is 9.90 Å². The van der Waals surface area contributed by atoms with Crippen LogP contribution in [-0.4, -0.2) is 23.2 Å². The largest absolute Gasteiger partial charge is 0.394 e. The Morgan fingerprint density at radius 1 is 1.42 bits per heavy atom. The van der Waals surface area contributed by atoms with Crippen LogP contribution in [0.25, 0.3) is 0 Å². The first-order valence-corrected chi connectivity index (χ1v) is 7.73. The number of hydrogen-bond donors (Lipinski definition) is 2. The molecule has 0 aromatic rings. The zero-order valence-electron chi connectivity index (χ0n) is 12.1. The maximum absolute atomic E-state index is 12.2. The van der Waals surface area contributed by atoms with Crippen molar-refractivity contribution in [2.45, 2.75) is 70.3 Å². The Labute approximate surface area is 116 Å². The number of nitrogens with one attached hydrogen (secondary N) is 1. The molecule has 19 heavy (non-hydrogen) atoms. The van der Waals surface area contributed by atoms with Gasteiger partial charge in [-0.1, -0.05) is 18.6 Å². The molecular formula is C16H27NO2. The van der Waals surface area contributed by atoms with Crippen LogP contribution >= 0.6 is 0 Å². The van der Waals surface area contributed by atoms with Crippen molar-refractivity contribution in [3.63, 3.8) is 0 Å². The minimum Gasteiger partial charge on any atom is -0.394 e. The average Bonchev–Trinajstić information content (AvgIpc) is 2.43. The lowest BCUT2D eigenvalue weighted by Gasteiger charge is -2.38. The molecule has 0 aromatic heterocycles. The average molecular weight is 265 g/mol. The van der Waals surface area contributed by atoms with Crippen LogP contribution < -0.4 is 5.32 Å². The highest BCUT2D eigenvalue weighted by Gasteiger charge is 2.34. The minimum atomic E-state index is -0.348. The summed E-state index contributed by atoms with van der Waals surface area (Å²) < 4.78 is 0. The molecule has 0 aliphatic heterocycles. The zero-order chi connectivity index (χ0) is 13.7. The smallest absolute Gasteiger partial charge is 0.224 e. The van der Waals surface area contributed by atoms with Gasteiger partial charge in [-0.25, -0.2) is 0 Å². The fourth-order valence-electron chi connectivity index (χ4n) is 3.25. The van der Waals surface area contributed by atoms with Gasteiger partial charge in [-0.05, 0) is 57.3 Å². The highest BCUT2D eigenvalue weighted by Crippen LogP contribution is 2.32. The van der Waals surface area contributed by atoms with E-state index in [0.29, 0.717) is 6.42 Å². The van der Waals surface area contributed by atoms with Crippen molar-refractivity contribution in [3.05, 3.63) is 11.6 Å². The minimum absolute atomic E-state index is 0.0739. The lowest BCUT2D eigenvalue weighted by molar-refractivity contribution is -0.123. The number of aliphatic hydroxyl groups is 1. The summed E-state index contributed by atoms with van der Waals surface area (Å²) in [7, 11) is 0. The number of allylic oxidation sites excluding steroid dienone is 1. The standard InChI is InChI=1S/C16H27NO2/c1-13-7-9-16(12-18,10-8-13)17-15(19)11-14-5-3-2-4-6-14/h5,13,18H,2-4,6-12H2,1H3,(H,17,19). The van der Waals surface area contributed by atoms with E-state index in [1.807, 2.05) is 0 Å². The number of hydrogen-bond acceptors (Lipinski definition) is 2. The summed E-state index contributed by atoms with van der Waals surface area (Å²) >= 11 is 0. The lowest BCUT2D eigenvalue weighted by Crippen LogP contribution is -2.53. The van der Waals surface area contributed by atoms with Gasteiger partial charge in [-0.3, -0.25) is 4.79 Å². The third-order valence-electron chi connectivity index (χ3n) is 4.71. The van der Waals surface area contributed by atoms with Crippen LogP contribution in [-0.2, 0) is 4.79 Å². The van der Waals surface area contributed by atoms with Crippen molar-refractivity contribution in [2.75, 3.05) is 6.61 Å². The van der Waals surface area contributed by atoms with Crippen LogP contribution in [0.15, 0.2) is 11.6 Å². The Balaban J connectivity index is 1.87. The third kappa shape index (κ3) is 4.07. The first kappa shape index (κ1) is 14.6. The van der Waals surface area contributed by atoms with Gasteiger partial charge in [0.25, 0.3) is 0 Å². The Morgan fingerprint density at radius 3 is 2.74 bits per heavy atom. The molecule has 2 rings (SSSR count). The number of rotatable bonds is 4. The molecule has 1 fully saturated rings. The van der Waals surface area contributed by atoms with Crippen molar-refractivity contribution in [1.29, 1.82) is 0 Å². The molecule has 3 heteroatoms. The van der Waals surface area contributed by atoms with Gasteiger partial charge < -0.3 is 10.4 Å². The molecule has 0 atom stereocenters. The monoisotopic (exact) mass is 265 g/mol. The molecule has 1 saturated carbocycles. The Hall–Kier alpha value is -0.830. The number of amides is 1. The molecule has 0 spiro atoms. The van der Waals surface area contributed by atoms with Crippen molar-refractivity contribution < 1.29 is 9.90 Å². The Kier molecular flexibility index (Phi) is 5.03. The van der Waals surface area contributed by atoms with E-state index in [1.54, 1.807) is 0 Å². The van der Waals surface area contributed by atoms with Crippen LogP contribution in [0.3, 0.4) is 0 Å². The first-order chi connectivity index (χ1) is 9.13.